The Labute approximate surface area is 114 Å². The van der Waals surface area contributed by atoms with Crippen molar-refractivity contribution >= 4 is 0 Å². The monoisotopic (exact) mass is 259 g/mol. The van der Waals surface area contributed by atoms with E-state index in [1.807, 2.05) is 23.1 Å². The molecule has 0 aliphatic heterocycles. The Morgan fingerprint density at radius 1 is 1.32 bits per heavy atom. The Morgan fingerprint density at radius 3 is 2.89 bits per heavy atom. The number of hydrogen-bond acceptors (Lipinski definition) is 4. The second-order valence-corrected chi connectivity index (χ2v) is 5.16. The zero-order valence-electron chi connectivity index (χ0n) is 11.8. The van der Waals surface area contributed by atoms with Gasteiger partial charge in [0.15, 0.2) is 0 Å². The minimum Gasteiger partial charge on any atom is -0.306 e. The van der Waals surface area contributed by atoms with Crippen LogP contribution < -0.4 is 5.32 Å². The van der Waals surface area contributed by atoms with Gasteiger partial charge in [0.1, 0.15) is 12.2 Å². The lowest BCUT2D eigenvalue weighted by Crippen LogP contribution is -2.19. The minimum atomic E-state index is 0.572. The molecule has 1 N–H and O–H groups in total. The molecule has 0 saturated carbocycles. The van der Waals surface area contributed by atoms with Crippen molar-refractivity contribution in [1.82, 2.24) is 25.1 Å². The van der Waals surface area contributed by atoms with Crippen LogP contribution in [0.15, 0.2) is 24.8 Å². The van der Waals surface area contributed by atoms with E-state index >= 15 is 0 Å². The highest BCUT2D eigenvalue weighted by Gasteiger charge is 2.06. The Balaban J connectivity index is 1.89. The number of aromatic nitrogens is 4. The van der Waals surface area contributed by atoms with Crippen LogP contribution in [-0.4, -0.2) is 19.7 Å². The lowest BCUT2D eigenvalue weighted by atomic mass is 10.1. The summed E-state index contributed by atoms with van der Waals surface area (Å²) in [6.45, 7) is 8.90. The molecule has 2 rings (SSSR count). The number of aryl methyl sites for hydroxylation is 1. The summed E-state index contributed by atoms with van der Waals surface area (Å²) in [6.07, 6.45) is 5.33. The van der Waals surface area contributed by atoms with Crippen molar-refractivity contribution in [2.24, 2.45) is 5.92 Å². The average Bonchev–Trinajstić information content (AvgIpc) is 2.78. The van der Waals surface area contributed by atoms with Crippen molar-refractivity contribution in [1.29, 1.82) is 0 Å². The average molecular weight is 259 g/mol. The molecule has 0 amide bonds. The van der Waals surface area contributed by atoms with Crippen LogP contribution in [0.4, 0.5) is 0 Å². The van der Waals surface area contributed by atoms with Crippen LogP contribution in [0.25, 0.3) is 0 Å². The Morgan fingerprint density at radius 2 is 2.16 bits per heavy atom. The minimum absolute atomic E-state index is 0.572. The van der Waals surface area contributed by atoms with Crippen LogP contribution in [-0.2, 0) is 19.6 Å². The van der Waals surface area contributed by atoms with Gasteiger partial charge in [-0.15, -0.1) is 0 Å². The van der Waals surface area contributed by atoms with Crippen LogP contribution in [0, 0.1) is 12.8 Å². The maximum Gasteiger partial charge on any atom is 0.140 e. The fourth-order valence-electron chi connectivity index (χ4n) is 1.93. The number of nitrogens with zero attached hydrogens (tertiary/aromatic N) is 4. The van der Waals surface area contributed by atoms with Gasteiger partial charge in [-0.1, -0.05) is 13.8 Å². The summed E-state index contributed by atoms with van der Waals surface area (Å²) in [6, 6.07) is 2.04. The molecular weight excluding hydrogens is 238 g/mol. The van der Waals surface area contributed by atoms with Crippen molar-refractivity contribution in [2.45, 2.75) is 40.4 Å². The topological polar surface area (TPSA) is 55.6 Å². The smallest absolute Gasteiger partial charge is 0.140 e. The summed E-state index contributed by atoms with van der Waals surface area (Å²) in [7, 11) is 0. The van der Waals surface area contributed by atoms with Gasteiger partial charge >= 0.3 is 0 Å². The summed E-state index contributed by atoms with van der Waals surface area (Å²) in [5, 5.41) is 7.66. The quantitative estimate of drug-likeness (QED) is 0.861. The van der Waals surface area contributed by atoms with Gasteiger partial charge in [-0.05, 0) is 30.0 Å². The molecule has 0 atom stereocenters. The first-order valence-corrected chi connectivity index (χ1v) is 6.63. The summed E-state index contributed by atoms with van der Waals surface area (Å²) in [5.74, 6) is 1.56. The Kier molecular flexibility index (Phi) is 4.63. The van der Waals surface area contributed by atoms with E-state index in [-0.39, 0.29) is 0 Å². The van der Waals surface area contributed by atoms with Crippen molar-refractivity contribution in [3.63, 3.8) is 0 Å². The lowest BCUT2D eigenvalue weighted by molar-refractivity contribution is 0.457. The van der Waals surface area contributed by atoms with Gasteiger partial charge in [0, 0.05) is 25.5 Å². The zero-order chi connectivity index (χ0) is 13.7. The van der Waals surface area contributed by atoms with Crippen molar-refractivity contribution in [3.8, 4) is 0 Å². The normalized spacial score (nSPS) is 11.2. The van der Waals surface area contributed by atoms with E-state index in [0.29, 0.717) is 5.92 Å². The molecule has 0 fully saturated rings. The van der Waals surface area contributed by atoms with Crippen LogP contribution >= 0.6 is 0 Å². The summed E-state index contributed by atoms with van der Waals surface area (Å²) in [4.78, 5) is 8.40. The molecule has 0 saturated heterocycles. The summed E-state index contributed by atoms with van der Waals surface area (Å²) >= 11 is 0. The van der Waals surface area contributed by atoms with Gasteiger partial charge in [0.05, 0.1) is 6.54 Å². The van der Waals surface area contributed by atoms with Gasteiger partial charge < -0.3 is 5.32 Å². The molecule has 0 aliphatic carbocycles. The first-order chi connectivity index (χ1) is 9.16. The van der Waals surface area contributed by atoms with E-state index in [4.69, 9.17) is 0 Å². The standard InChI is InChI=1S/C14H21N5/c1-11(2)9-19-14(17-10-18-19)8-16-7-13-4-5-15-6-12(13)3/h4-6,10-11,16H,7-9H2,1-3H3. The third-order valence-corrected chi connectivity index (χ3v) is 2.97. The molecule has 5 heteroatoms. The molecule has 0 aliphatic rings. The molecule has 0 spiro atoms. The van der Waals surface area contributed by atoms with Crippen molar-refractivity contribution in [2.75, 3.05) is 0 Å². The van der Waals surface area contributed by atoms with E-state index in [1.54, 1.807) is 6.33 Å². The molecule has 0 aromatic carbocycles. The largest absolute Gasteiger partial charge is 0.306 e. The first-order valence-electron chi connectivity index (χ1n) is 6.63. The van der Waals surface area contributed by atoms with E-state index in [0.717, 1.165) is 25.5 Å². The number of hydrogen-bond donors (Lipinski definition) is 1. The highest BCUT2D eigenvalue weighted by atomic mass is 15.3. The molecule has 19 heavy (non-hydrogen) atoms. The Hall–Kier alpha value is -1.75. The summed E-state index contributed by atoms with van der Waals surface area (Å²) in [5.41, 5.74) is 2.48. The third-order valence-electron chi connectivity index (χ3n) is 2.97. The molecule has 0 unspecified atom stereocenters. The van der Waals surface area contributed by atoms with Crippen molar-refractivity contribution < 1.29 is 0 Å². The number of pyridine rings is 1. The molecule has 0 bridgehead atoms. The molecule has 2 aromatic heterocycles. The number of nitrogens with one attached hydrogen (secondary N) is 1. The van der Waals surface area contributed by atoms with E-state index in [9.17, 15) is 0 Å². The second-order valence-electron chi connectivity index (χ2n) is 5.16. The van der Waals surface area contributed by atoms with E-state index in [2.05, 4.69) is 41.2 Å². The predicted molar refractivity (Wildman–Crippen MR) is 74.4 cm³/mol. The summed E-state index contributed by atoms with van der Waals surface area (Å²) < 4.78 is 1.97. The van der Waals surface area contributed by atoms with Gasteiger partial charge in [-0.3, -0.25) is 4.98 Å². The van der Waals surface area contributed by atoms with E-state index < -0.39 is 0 Å². The van der Waals surface area contributed by atoms with Crippen molar-refractivity contribution in [3.05, 3.63) is 41.7 Å². The first kappa shape index (κ1) is 13.7. The highest BCUT2D eigenvalue weighted by molar-refractivity contribution is 5.21. The van der Waals surface area contributed by atoms with Gasteiger partial charge in [0.25, 0.3) is 0 Å². The molecule has 2 heterocycles. The molecular formula is C14H21N5. The molecule has 5 nitrogen and oxygen atoms in total. The lowest BCUT2D eigenvalue weighted by Gasteiger charge is -2.10. The number of rotatable bonds is 6. The van der Waals surface area contributed by atoms with Crippen LogP contribution in [0.3, 0.4) is 0 Å². The van der Waals surface area contributed by atoms with E-state index in [1.165, 1.54) is 11.1 Å². The van der Waals surface area contributed by atoms with Gasteiger partial charge in [-0.25, -0.2) is 9.67 Å². The second kappa shape index (κ2) is 6.43. The van der Waals surface area contributed by atoms with Crippen LogP contribution in [0.5, 0.6) is 0 Å². The predicted octanol–water partition coefficient (Wildman–Crippen LogP) is 1.93. The maximum absolute atomic E-state index is 4.30. The highest BCUT2D eigenvalue weighted by Crippen LogP contribution is 2.05. The maximum atomic E-state index is 4.30. The molecule has 2 aromatic rings. The van der Waals surface area contributed by atoms with Crippen LogP contribution in [0.1, 0.15) is 30.8 Å². The fraction of sp³-hybridized carbons (Fsp3) is 0.500. The SMILES string of the molecule is Cc1cnccc1CNCc1ncnn1CC(C)C. The van der Waals surface area contributed by atoms with Gasteiger partial charge in [-0.2, -0.15) is 5.10 Å². The molecule has 102 valence electrons. The Bertz CT molecular complexity index is 518. The zero-order valence-corrected chi connectivity index (χ0v) is 11.8. The van der Waals surface area contributed by atoms with Gasteiger partial charge in [0.2, 0.25) is 0 Å². The fourth-order valence-corrected chi connectivity index (χ4v) is 1.93. The third kappa shape index (κ3) is 3.86. The van der Waals surface area contributed by atoms with Crippen LogP contribution in [0.2, 0.25) is 0 Å². The molecule has 0 radical (unpaired) electrons.